The third kappa shape index (κ3) is 2.19. The number of carbonyl (C=O) groups is 2. The molecule has 0 spiro atoms. The molecule has 0 aromatic heterocycles. The highest BCUT2D eigenvalue weighted by atomic mass is 16.2. The van der Waals surface area contributed by atoms with Crippen LogP contribution in [0.25, 0.3) is 0 Å². The zero-order valence-electron chi connectivity index (χ0n) is 11.0. The predicted octanol–water partition coefficient (Wildman–Crippen LogP) is 3.23. The lowest BCUT2D eigenvalue weighted by Gasteiger charge is -2.32. The molecule has 1 aromatic carbocycles. The van der Waals surface area contributed by atoms with Crippen molar-refractivity contribution < 1.29 is 9.59 Å². The molecule has 0 fully saturated rings. The molecule has 2 nitrogen and oxygen atoms in total. The van der Waals surface area contributed by atoms with Gasteiger partial charge in [0.2, 0.25) is 5.78 Å². The number of ketones is 1. The van der Waals surface area contributed by atoms with Crippen molar-refractivity contribution in [1.29, 1.82) is 0 Å². The van der Waals surface area contributed by atoms with E-state index in [1.54, 1.807) is 0 Å². The van der Waals surface area contributed by atoms with E-state index in [0.29, 0.717) is 19.1 Å². The lowest BCUT2D eigenvalue weighted by molar-refractivity contribution is -0.132. The summed E-state index contributed by atoms with van der Waals surface area (Å²) in [6.07, 6.45) is 6.33. The first-order chi connectivity index (χ1) is 9.18. The highest BCUT2D eigenvalue weighted by Gasteiger charge is 2.47. The number of aldehydes is 1. The molecule has 0 N–H and O–H groups in total. The summed E-state index contributed by atoms with van der Waals surface area (Å²) in [4.78, 5) is 23.1. The van der Waals surface area contributed by atoms with Gasteiger partial charge >= 0.3 is 0 Å². The molecule has 0 radical (unpaired) electrons. The molecule has 0 aliphatic heterocycles. The Morgan fingerprint density at radius 3 is 2.47 bits per heavy atom. The van der Waals surface area contributed by atoms with Crippen LogP contribution in [0.5, 0.6) is 0 Å². The Kier molecular flexibility index (Phi) is 3.79. The molecule has 0 saturated carbocycles. The summed E-state index contributed by atoms with van der Waals surface area (Å²) in [6, 6.07) is 7.88. The van der Waals surface area contributed by atoms with Crippen LogP contribution < -0.4 is 0 Å². The lowest BCUT2D eigenvalue weighted by Crippen LogP contribution is -2.31. The van der Waals surface area contributed by atoms with Crippen LogP contribution >= 0.6 is 0 Å². The summed E-state index contributed by atoms with van der Waals surface area (Å²) < 4.78 is 0. The molecule has 98 valence electrons. The van der Waals surface area contributed by atoms with Crippen molar-refractivity contribution in [3.05, 3.63) is 60.7 Å². The summed E-state index contributed by atoms with van der Waals surface area (Å²) in [5.74, 6) is -0.703. The zero-order valence-corrected chi connectivity index (χ0v) is 11.0. The van der Waals surface area contributed by atoms with E-state index in [4.69, 9.17) is 0 Å². The number of carbonyl (C=O) groups excluding carboxylic acids is 2. The smallest absolute Gasteiger partial charge is 0.203 e. The average Bonchev–Trinajstić information content (AvgIpc) is 2.72. The summed E-state index contributed by atoms with van der Waals surface area (Å²) in [6.45, 7) is 7.60. The maximum absolute atomic E-state index is 12.1. The van der Waals surface area contributed by atoms with E-state index in [1.165, 1.54) is 0 Å². The Balaban J connectivity index is 2.55. The maximum atomic E-state index is 12.1. The van der Waals surface area contributed by atoms with Gasteiger partial charge in [0.15, 0.2) is 6.29 Å². The van der Waals surface area contributed by atoms with Gasteiger partial charge in [-0.25, -0.2) is 0 Å². The number of benzene rings is 1. The number of fused-ring (bicyclic) bond motifs is 1. The monoisotopic (exact) mass is 254 g/mol. The second-order valence-electron chi connectivity index (χ2n) is 5.18. The highest BCUT2D eigenvalue weighted by Crippen LogP contribution is 2.52. The van der Waals surface area contributed by atoms with Crippen LogP contribution in [0.1, 0.15) is 29.9 Å². The fourth-order valence-corrected chi connectivity index (χ4v) is 3.35. The van der Waals surface area contributed by atoms with Gasteiger partial charge in [-0.3, -0.25) is 9.59 Å². The molecular weight excluding hydrogens is 236 g/mol. The lowest BCUT2D eigenvalue weighted by atomic mass is 9.69. The van der Waals surface area contributed by atoms with Gasteiger partial charge in [-0.1, -0.05) is 36.4 Å². The number of hydrogen-bond acceptors (Lipinski definition) is 2. The Bertz CT molecular complexity index is 518. The minimum Gasteiger partial charge on any atom is -0.295 e. The van der Waals surface area contributed by atoms with Crippen LogP contribution in [0.15, 0.2) is 49.6 Å². The van der Waals surface area contributed by atoms with E-state index in [2.05, 4.69) is 13.2 Å². The summed E-state index contributed by atoms with van der Waals surface area (Å²) in [5, 5.41) is 0. The fraction of sp³-hybridized carbons (Fsp3) is 0.294. The van der Waals surface area contributed by atoms with Crippen molar-refractivity contribution in [2.24, 2.45) is 5.41 Å². The molecule has 0 heterocycles. The van der Waals surface area contributed by atoms with E-state index in [0.717, 1.165) is 17.5 Å². The van der Waals surface area contributed by atoms with Gasteiger partial charge in [0.25, 0.3) is 0 Å². The normalized spacial score (nSPS) is 19.5. The Morgan fingerprint density at radius 2 is 1.89 bits per heavy atom. The molecular formula is C17H18O2. The van der Waals surface area contributed by atoms with Crippen molar-refractivity contribution >= 4 is 12.1 Å². The van der Waals surface area contributed by atoms with Gasteiger partial charge in [0.1, 0.15) is 0 Å². The van der Waals surface area contributed by atoms with E-state index < -0.39 is 0 Å². The van der Waals surface area contributed by atoms with Crippen molar-refractivity contribution in [1.82, 2.24) is 0 Å². The SMILES string of the molecule is C=CCC1(CC=C)Cc2ccccc2C1C(=O)C=O. The fourth-order valence-electron chi connectivity index (χ4n) is 3.35. The molecule has 1 aromatic rings. The Morgan fingerprint density at radius 1 is 1.26 bits per heavy atom. The largest absolute Gasteiger partial charge is 0.295 e. The van der Waals surface area contributed by atoms with E-state index >= 15 is 0 Å². The number of allylic oxidation sites excluding steroid dienone is 2. The third-order valence-electron chi connectivity index (χ3n) is 4.02. The van der Waals surface area contributed by atoms with Crippen molar-refractivity contribution in [2.45, 2.75) is 25.2 Å². The number of Topliss-reactive ketones (excluding diaryl/α,β-unsaturated/α-hetero) is 1. The van der Waals surface area contributed by atoms with Crippen LogP contribution in [-0.2, 0) is 16.0 Å². The average molecular weight is 254 g/mol. The first-order valence-electron chi connectivity index (χ1n) is 6.47. The van der Waals surface area contributed by atoms with Crippen LogP contribution in [0, 0.1) is 5.41 Å². The predicted molar refractivity (Wildman–Crippen MR) is 76.0 cm³/mol. The zero-order chi connectivity index (χ0) is 13.9. The van der Waals surface area contributed by atoms with Crippen LogP contribution in [0.2, 0.25) is 0 Å². The quantitative estimate of drug-likeness (QED) is 0.443. The first kappa shape index (κ1) is 13.5. The standard InChI is InChI=1S/C17H18O2/c1-3-9-17(10-4-2)11-13-7-5-6-8-14(13)16(17)15(19)12-18/h3-8,12,16H,1-2,9-11H2. The van der Waals surface area contributed by atoms with Crippen molar-refractivity contribution in [3.8, 4) is 0 Å². The van der Waals surface area contributed by atoms with Crippen LogP contribution in [0.3, 0.4) is 0 Å². The Labute approximate surface area is 113 Å². The van der Waals surface area contributed by atoms with E-state index in [9.17, 15) is 9.59 Å². The second-order valence-corrected chi connectivity index (χ2v) is 5.18. The van der Waals surface area contributed by atoms with Crippen molar-refractivity contribution in [2.75, 3.05) is 0 Å². The molecule has 1 aliphatic rings. The molecule has 0 saturated heterocycles. The molecule has 1 unspecified atom stereocenters. The number of rotatable bonds is 6. The summed E-state index contributed by atoms with van der Waals surface area (Å²) in [5.41, 5.74) is 1.88. The summed E-state index contributed by atoms with van der Waals surface area (Å²) >= 11 is 0. The van der Waals surface area contributed by atoms with Gasteiger partial charge in [-0.15, -0.1) is 13.2 Å². The molecule has 19 heavy (non-hydrogen) atoms. The Hall–Kier alpha value is -1.96. The maximum Gasteiger partial charge on any atom is 0.203 e. The van der Waals surface area contributed by atoms with Crippen LogP contribution in [-0.4, -0.2) is 12.1 Å². The van der Waals surface area contributed by atoms with Gasteiger partial charge in [-0.05, 0) is 35.8 Å². The third-order valence-corrected chi connectivity index (χ3v) is 4.02. The first-order valence-corrected chi connectivity index (χ1v) is 6.47. The van der Waals surface area contributed by atoms with Crippen molar-refractivity contribution in [3.63, 3.8) is 0 Å². The number of hydrogen-bond donors (Lipinski definition) is 0. The molecule has 2 rings (SSSR count). The molecule has 0 bridgehead atoms. The van der Waals surface area contributed by atoms with Gasteiger partial charge in [-0.2, -0.15) is 0 Å². The van der Waals surface area contributed by atoms with E-state index in [-0.39, 0.29) is 17.1 Å². The summed E-state index contributed by atoms with van der Waals surface area (Å²) in [7, 11) is 0. The minimum absolute atomic E-state index is 0.273. The molecule has 1 aliphatic carbocycles. The van der Waals surface area contributed by atoms with Gasteiger partial charge < -0.3 is 0 Å². The topological polar surface area (TPSA) is 34.1 Å². The van der Waals surface area contributed by atoms with Gasteiger partial charge in [0, 0.05) is 0 Å². The molecule has 2 heteroatoms. The van der Waals surface area contributed by atoms with E-state index in [1.807, 2.05) is 36.4 Å². The van der Waals surface area contributed by atoms with Crippen LogP contribution in [0.4, 0.5) is 0 Å². The molecule has 0 amide bonds. The second kappa shape index (κ2) is 5.35. The molecule has 1 atom stereocenters. The minimum atomic E-state index is -0.364. The highest BCUT2D eigenvalue weighted by molar-refractivity contribution is 6.28. The van der Waals surface area contributed by atoms with Gasteiger partial charge in [0.05, 0.1) is 5.92 Å².